The maximum Gasteiger partial charge on any atom is 0.344 e. The molecule has 0 bridgehead atoms. The van der Waals surface area contributed by atoms with Gasteiger partial charge in [-0.1, -0.05) is 47.5 Å². The van der Waals surface area contributed by atoms with Crippen molar-refractivity contribution in [3.05, 3.63) is 63.6 Å². The molecule has 1 atom stereocenters. The zero-order valence-electron chi connectivity index (χ0n) is 14.4. The normalized spacial score (nSPS) is 11.5. The van der Waals surface area contributed by atoms with Crippen LogP contribution in [-0.2, 0) is 20.9 Å². The number of benzene rings is 2. The number of hydrogen-bond acceptors (Lipinski definition) is 4. The molecule has 7 heteroatoms. The predicted molar refractivity (Wildman–Crippen MR) is 101 cm³/mol. The molecule has 1 N–H and O–H groups in total. The lowest BCUT2D eigenvalue weighted by molar-refractivity contribution is -0.156. The average molecular weight is 396 g/mol. The Morgan fingerprint density at radius 3 is 2.58 bits per heavy atom. The van der Waals surface area contributed by atoms with Crippen molar-refractivity contribution in [2.24, 2.45) is 0 Å². The van der Waals surface area contributed by atoms with Crippen LogP contribution in [0.2, 0.25) is 10.0 Å². The smallest absolute Gasteiger partial charge is 0.344 e. The number of rotatable bonds is 7. The number of amides is 1. The van der Waals surface area contributed by atoms with Crippen molar-refractivity contribution < 1.29 is 19.1 Å². The van der Waals surface area contributed by atoms with Gasteiger partial charge in [-0.2, -0.15) is 0 Å². The van der Waals surface area contributed by atoms with E-state index >= 15 is 0 Å². The Labute approximate surface area is 162 Å². The molecule has 0 aromatic heterocycles. The molecule has 0 saturated heterocycles. The fraction of sp³-hybridized carbons (Fsp3) is 0.263. The van der Waals surface area contributed by atoms with Gasteiger partial charge in [0.15, 0.2) is 12.7 Å². The summed E-state index contributed by atoms with van der Waals surface area (Å²) >= 11 is 12.0. The highest BCUT2D eigenvalue weighted by molar-refractivity contribution is 6.32. The van der Waals surface area contributed by atoms with Crippen molar-refractivity contribution in [2.45, 2.75) is 26.5 Å². The number of halogens is 2. The minimum atomic E-state index is -0.957. The predicted octanol–water partition coefficient (Wildman–Crippen LogP) is 3.93. The summed E-state index contributed by atoms with van der Waals surface area (Å²) in [5, 5.41) is 3.63. The highest BCUT2D eigenvalue weighted by atomic mass is 35.5. The zero-order chi connectivity index (χ0) is 19.1. The van der Waals surface area contributed by atoms with Gasteiger partial charge in [0.25, 0.3) is 5.91 Å². The van der Waals surface area contributed by atoms with Crippen LogP contribution in [0.15, 0.2) is 42.5 Å². The van der Waals surface area contributed by atoms with Crippen LogP contribution in [0.1, 0.15) is 18.1 Å². The van der Waals surface area contributed by atoms with E-state index in [0.717, 1.165) is 11.1 Å². The molecule has 1 amide bonds. The number of carbonyl (C=O) groups is 2. The standard InChI is InChI=1S/C19H19Cl2NO4/c1-12-7-8-16(21)17(9-12)25-11-18(23)26-13(2)19(24)22-10-14-5-3-4-6-15(14)20/h3-9,13H,10-11H2,1-2H3,(H,22,24)/t13-/m1/s1. The van der Waals surface area contributed by atoms with E-state index in [-0.39, 0.29) is 13.2 Å². The van der Waals surface area contributed by atoms with Gasteiger partial charge in [0.1, 0.15) is 5.75 Å². The summed E-state index contributed by atoms with van der Waals surface area (Å²) in [6, 6.07) is 12.4. The molecule has 2 aromatic rings. The summed E-state index contributed by atoms with van der Waals surface area (Å²) in [5.74, 6) is -0.700. The number of hydrogen-bond donors (Lipinski definition) is 1. The van der Waals surface area contributed by atoms with E-state index in [1.165, 1.54) is 6.92 Å². The molecule has 2 aromatic carbocycles. The summed E-state index contributed by atoms with van der Waals surface area (Å²) in [4.78, 5) is 23.9. The quantitative estimate of drug-likeness (QED) is 0.721. The highest BCUT2D eigenvalue weighted by Crippen LogP contribution is 2.25. The Hall–Kier alpha value is -2.24. The SMILES string of the molecule is Cc1ccc(Cl)c(OCC(=O)O[C@H](C)C(=O)NCc2ccccc2Cl)c1. The van der Waals surface area contributed by atoms with E-state index < -0.39 is 18.0 Å². The van der Waals surface area contributed by atoms with Crippen molar-refractivity contribution in [3.8, 4) is 5.75 Å². The summed E-state index contributed by atoms with van der Waals surface area (Å²) in [7, 11) is 0. The molecule has 0 spiro atoms. The van der Waals surface area contributed by atoms with Gasteiger partial charge in [0.05, 0.1) is 5.02 Å². The molecule has 0 heterocycles. The number of carbonyl (C=O) groups excluding carboxylic acids is 2. The molecule has 0 unspecified atom stereocenters. The molecule has 0 fully saturated rings. The van der Waals surface area contributed by atoms with Gasteiger partial charge in [-0.3, -0.25) is 4.79 Å². The summed E-state index contributed by atoms with van der Waals surface area (Å²) in [6.45, 7) is 3.27. The van der Waals surface area contributed by atoms with Crippen LogP contribution in [0.3, 0.4) is 0 Å². The van der Waals surface area contributed by atoms with Crippen LogP contribution in [0.25, 0.3) is 0 Å². The van der Waals surface area contributed by atoms with Crippen molar-refractivity contribution in [2.75, 3.05) is 6.61 Å². The molecule has 138 valence electrons. The third-order valence-corrected chi connectivity index (χ3v) is 4.20. The highest BCUT2D eigenvalue weighted by Gasteiger charge is 2.18. The lowest BCUT2D eigenvalue weighted by atomic mass is 10.2. The Bertz CT molecular complexity index is 795. The molecule has 0 aliphatic carbocycles. The zero-order valence-corrected chi connectivity index (χ0v) is 15.9. The van der Waals surface area contributed by atoms with Crippen LogP contribution in [0.4, 0.5) is 0 Å². The monoisotopic (exact) mass is 395 g/mol. The van der Waals surface area contributed by atoms with E-state index in [0.29, 0.717) is 15.8 Å². The maximum absolute atomic E-state index is 12.0. The molecular weight excluding hydrogens is 377 g/mol. The molecular formula is C19H19Cl2NO4. The molecule has 5 nitrogen and oxygen atoms in total. The first-order chi connectivity index (χ1) is 12.4. The number of aryl methyl sites for hydroxylation is 1. The minimum Gasteiger partial charge on any atom is -0.480 e. The second kappa shape index (κ2) is 9.46. The molecule has 26 heavy (non-hydrogen) atoms. The van der Waals surface area contributed by atoms with Crippen LogP contribution in [-0.4, -0.2) is 24.6 Å². The first-order valence-corrected chi connectivity index (χ1v) is 8.72. The van der Waals surface area contributed by atoms with Gasteiger partial charge < -0.3 is 14.8 Å². The third-order valence-electron chi connectivity index (χ3n) is 3.52. The van der Waals surface area contributed by atoms with Crippen LogP contribution in [0.5, 0.6) is 5.75 Å². The van der Waals surface area contributed by atoms with Crippen LogP contribution >= 0.6 is 23.2 Å². The Morgan fingerprint density at radius 2 is 1.85 bits per heavy atom. The minimum absolute atomic E-state index is 0.246. The molecule has 0 aliphatic heterocycles. The average Bonchev–Trinajstić information content (AvgIpc) is 2.61. The van der Waals surface area contributed by atoms with Crippen molar-refractivity contribution in [3.63, 3.8) is 0 Å². The second-order valence-electron chi connectivity index (χ2n) is 5.66. The Morgan fingerprint density at radius 1 is 1.12 bits per heavy atom. The molecule has 0 saturated carbocycles. The van der Waals surface area contributed by atoms with Crippen molar-refractivity contribution >= 4 is 35.1 Å². The molecule has 0 aliphatic rings. The molecule has 0 radical (unpaired) electrons. The van der Waals surface area contributed by atoms with Crippen molar-refractivity contribution in [1.29, 1.82) is 0 Å². The van der Waals surface area contributed by atoms with Gasteiger partial charge in [0, 0.05) is 11.6 Å². The fourth-order valence-electron chi connectivity index (χ4n) is 2.11. The Balaban J connectivity index is 1.79. The first-order valence-electron chi connectivity index (χ1n) is 7.96. The lowest BCUT2D eigenvalue weighted by Gasteiger charge is -2.14. The summed E-state index contributed by atoms with van der Waals surface area (Å²) < 4.78 is 10.4. The van der Waals surface area contributed by atoms with E-state index in [2.05, 4.69) is 5.32 Å². The van der Waals surface area contributed by atoms with E-state index in [1.54, 1.807) is 30.3 Å². The summed E-state index contributed by atoms with van der Waals surface area (Å²) in [5.41, 5.74) is 1.73. The van der Waals surface area contributed by atoms with E-state index in [9.17, 15) is 9.59 Å². The molecule has 2 rings (SSSR count). The fourth-order valence-corrected chi connectivity index (χ4v) is 2.49. The third kappa shape index (κ3) is 5.93. The Kier molecular flexibility index (Phi) is 7.30. The van der Waals surface area contributed by atoms with Crippen LogP contribution in [0, 0.1) is 6.92 Å². The maximum atomic E-state index is 12.0. The van der Waals surface area contributed by atoms with Gasteiger partial charge in [-0.25, -0.2) is 4.79 Å². The van der Waals surface area contributed by atoms with E-state index in [1.807, 2.05) is 19.1 Å². The van der Waals surface area contributed by atoms with Gasteiger partial charge >= 0.3 is 5.97 Å². The lowest BCUT2D eigenvalue weighted by Crippen LogP contribution is -2.36. The van der Waals surface area contributed by atoms with E-state index in [4.69, 9.17) is 32.7 Å². The largest absolute Gasteiger partial charge is 0.480 e. The topological polar surface area (TPSA) is 64.6 Å². The second-order valence-corrected chi connectivity index (χ2v) is 6.48. The first kappa shape index (κ1) is 20.1. The van der Waals surface area contributed by atoms with Gasteiger partial charge in [0.2, 0.25) is 0 Å². The number of esters is 1. The summed E-state index contributed by atoms with van der Waals surface area (Å²) in [6.07, 6.45) is -0.957. The van der Waals surface area contributed by atoms with Gasteiger partial charge in [-0.15, -0.1) is 0 Å². The van der Waals surface area contributed by atoms with Crippen molar-refractivity contribution in [1.82, 2.24) is 5.32 Å². The van der Waals surface area contributed by atoms with Gasteiger partial charge in [-0.05, 0) is 43.2 Å². The van der Waals surface area contributed by atoms with Crippen LogP contribution < -0.4 is 10.1 Å². The number of nitrogens with one attached hydrogen (secondary N) is 1. The number of ether oxygens (including phenoxy) is 2.